The maximum absolute atomic E-state index is 13.9. The van der Waals surface area contributed by atoms with Crippen molar-refractivity contribution >= 4 is 26.8 Å². The van der Waals surface area contributed by atoms with Gasteiger partial charge in [0.15, 0.2) is 0 Å². The highest BCUT2D eigenvalue weighted by molar-refractivity contribution is 9.10. The summed E-state index contributed by atoms with van der Waals surface area (Å²) in [5.74, 6) is -0.318. The van der Waals surface area contributed by atoms with Crippen LogP contribution in [0.4, 0.5) is 4.39 Å². The van der Waals surface area contributed by atoms with Crippen molar-refractivity contribution in [1.29, 1.82) is 0 Å². The molecule has 0 aliphatic heterocycles. The van der Waals surface area contributed by atoms with E-state index < -0.39 is 6.10 Å². The van der Waals surface area contributed by atoms with Crippen molar-refractivity contribution in [1.82, 2.24) is 4.98 Å². The molecular formula is C17H13BrFNO. The fourth-order valence-corrected chi connectivity index (χ4v) is 2.75. The molecule has 2 nitrogen and oxygen atoms in total. The van der Waals surface area contributed by atoms with Gasteiger partial charge >= 0.3 is 0 Å². The second-order valence-electron chi connectivity index (χ2n) is 4.87. The van der Waals surface area contributed by atoms with E-state index in [1.165, 1.54) is 6.07 Å². The molecule has 0 aliphatic rings. The summed E-state index contributed by atoms with van der Waals surface area (Å²) in [6.45, 7) is 0. The number of hydrogen-bond donors (Lipinski definition) is 1. The van der Waals surface area contributed by atoms with Gasteiger partial charge in [-0.2, -0.15) is 0 Å². The molecule has 3 aromatic rings. The number of pyridine rings is 1. The highest BCUT2D eigenvalue weighted by atomic mass is 79.9. The van der Waals surface area contributed by atoms with Gasteiger partial charge in [-0.05, 0) is 35.4 Å². The summed E-state index contributed by atoms with van der Waals surface area (Å²) in [6.07, 6.45) is 1.12. The topological polar surface area (TPSA) is 33.1 Å². The van der Waals surface area contributed by atoms with Crippen molar-refractivity contribution in [2.45, 2.75) is 12.5 Å². The summed E-state index contributed by atoms with van der Waals surface area (Å²) in [6, 6.07) is 14.3. The Hall–Kier alpha value is -1.78. The minimum absolute atomic E-state index is 0.229. The Labute approximate surface area is 130 Å². The van der Waals surface area contributed by atoms with E-state index in [0.717, 1.165) is 16.5 Å². The predicted molar refractivity (Wildman–Crippen MR) is 84.5 cm³/mol. The first kappa shape index (κ1) is 14.2. The molecule has 1 aromatic heterocycles. The predicted octanol–water partition coefficient (Wildman–Crippen LogP) is 4.41. The molecule has 0 saturated heterocycles. The van der Waals surface area contributed by atoms with E-state index in [1.54, 1.807) is 24.4 Å². The van der Waals surface area contributed by atoms with Gasteiger partial charge < -0.3 is 5.11 Å². The fraction of sp³-hybridized carbons (Fsp3) is 0.118. The van der Waals surface area contributed by atoms with Gasteiger partial charge in [-0.1, -0.05) is 40.2 Å². The van der Waals surface area contributed by atoms with E-state index in [1.807, 2.05) is 24.3 Å². The highest BCUT2D eigenvalue weighted by Gasteiger charge is 2.14. The van der Waals surface area contributed by atoms with Crippen LogP contribution in [-0.4, -0.2) is 10.1 Å². The Morgan fingerprint density at radius 3 is 2.76 bits per heavy atom. The first-order valence-corrected chi connectivity index (χ1v) is 7.40. The summed E-state index contributed by atoms with van der Waals surface area (Å²) in [7, 11) is 0. The van der Waals surface area contributed by atoms with Crippen molar-refractivity contribution in [3.8, 4) is 0 Å². The van der Waals surface area contributed by atoms with Crippen molar-refractivity contribution in [3.63, 3.8) is 0 Å². The Kier molecular flexibility index (Phi) is 3.99. The minimum Gasteiger partial charge on any atom is -0.388 e. The SMILES string of the molecule is OC(Cc1ccc(Br)cc1F)c1ccnc2ccccc12. The first-order chi connectivity index (χ1) is 10.1. The molecule has 0 radical (unpaired) electrons. The van der Waals surface area contributed by atoms with Gasteiger partial charge in [-0.15, -0.1) is 0 Å². The number of para-hydroxylation sites is 1. The Morgan fingerprint density at radius 1 is 1.14 bits per heavy atom. The van der Waals surface area contributed by atoms with Gasteiger partial charge in [0, 0.05) is 22.5 Å². The molecule has 1 heterocycles. The van der Waals surface area contributed by atoms with E-state index in [0.29, 0.717) is 10.0 Å². The van der Waals surface area contributed by atoms with Gasteiger partial charge in [-0.3, -0.25) is 4.98 Å². The minimum atomic E-state index is -0.770. The third-order valence-corrected chi connectivity index (χ3v) is 3.96. The molecule has 4 heteroatoms. The van der Waals surface area contributed by atoms with Crippen molar-refractivity contribution in [2.24, 2.45) is 0 Å². The van der Waals surface area contributed by atoms with Crippen LogP contribution >= 0.6 is 15.9 Å². The molecule has 0 fully saturated rings. The zero-order chi connectivity index (χ0) is 14.8. The normalized spacial score (nSPS) is 12.5. The van der Waals surface area contributed by atoms with Crippen LogP contribution in [0, 0.1) is 5.82 Å². The second kappa shape index (κ2) is 5.92. The van der Waals surface area contributed by atoms with E-state index >= 15 is 0 Å². The average molecular weight is 346 g/mol. The van der Waals surface area contributed by atoms with E-state index in [-0.39, 0.29) is 12.2 Å². The van der Waals surface area contributed by atoms with Crippen molar-refractivity contribution in [2.75, 3.05) is 0 Å². The molecular weight excluding hydrogens is 333 g/mol. The fourth-order valence-electron chi connectivity index (χ4n) is 2.41. The zero-order valence-corrected chi connectivity index (χ0v) is 12.7. The molecule has 2 aromatic carbocycles. The average Bonchev–Trinajstić information content (AvgIpc) is 2.49. The summed E-state index contributed by atoms with van der Waals surface area (Å²) >= 11 is 3.23. The molecule has 1 unspecified atom stereocenters. The number of hydrogen-bond acceptors (Lipinski definition) is 2. The Bertz CT molecular complexity index is 785. The number of aliphatic hydroxyl groups is 1. The van der Waals surface area contributed by atoms with Crippen LogP contribution in [0.15, 0.2) is 59.2 Å². The molecule has 0 bridgehead atoms. The molecule has 0 saturated carbocycles. The smallest absolute Gasteiger partial charge is 0.127 e. The zero-order valence-electron chi connectivity index (χ0n) is 11.1. The number of benzene rings is 2. The number of aromatic nitrogens is 1. The van der Waals surface area contributed by atoms with Gasteiger partial charge in [0.05, 0.1) is 11.6 Å². The largest absolute Gasteiger partial charge is 0.388 e. The van der Waals surface area contributed by atoms with Crippen LogP contribution in [-0.2, 0) is 6.42 Å². The molecule has 0 spiro atoms. The quantitative estimate of drug-likeness (QED) is 0.762. The third kappa shape index (κ3) is 2.96. The number of fused-ring (bicyclic) bond motifs is 1. The van der Waals surface area contributed by atoms with E-state index in [4.69, 9.17) is 0 Å². The molecule has 0 aliphatic carbocycles. The lowest BCUT2D eigenvalue weighted by Gasteiger charge is -2.14. The van der Waals surface area contributed by atoms with Crippen LogP contribution < -0.4 is 0 Å². The number of nitrogens with zero attached hydrogens (tertiary/aromatic N) is 1. The second-order valence-corrected chi connectivity index (χ2v) is 5.79. The van der Waals surface area contributed by atoms with Crippen LogP contribution in [0.2, 0.25) is 0 Å². The molecule has 1 N–H and O–H groups in total. The molecule has 106 valence electrons. The van der Waals surface area contributed by atoms with Gasteiger partial charge in [0.2, 0.25) is 0 Å². The number of aliphatic hydroxyl groups excluding tert-OH is 1. The standard InChI is InChI=1S/C17H13BrFNO/c18-12-6-5-11(15(19)10-12)9-17(21)14-7-8-20-16-4-2-1-3-13(14)16/h1-8,10,17,21H,9H2. The van der Waals surface area contributed by atoms with Crippen LogP contribution in [0.25, 0.3) is 10.9 Å². The Morgan fingerprint density at radius 2 is 1.95 bits per heavy atom. The summed E-state index contributed by atoms with van der Waals surface area (Å²) in [4.78, 5) is 4.27. The summed E-state index contributed by atoms with van der Waals surface area (Å²) in [5.41, 5.74) is 2.08. The lowest BCUT2D eigenvalue weighted by Crippen LogP contribution is -2.04. The van der Waals surface area contributed by atoms with Gasteiger partial charge in [-0.25, -0.2) is 4.39 Å². The molecule has 1 atom stereocenters. The van der Waals surface area contributed by atoms with Crippen LogP contribution in [0.5, 0.6) is 0 Å². The molecule has 0 amide bonds. The van der Waals surface area contributed by atoms with Gasteiger partial charge in [0.25, 0.3) is 0 Å². The van der Waals surface area contributed by atoms with Crippen LogP contribution in [0.3, 0.4) is 0 Å². The number of halogens is 2. The summed E-state index contributed by atoms with van der Waals surface area (Å²) in [5, 5.41) is 11.4. The monoisotopic (exact) mass is 345 g/mol. The van der Waals surface area contributed by atoms with Gasteiger partial charge in [0.1, 0.15) is 5.82 Å². The van der Waals surface area contributed by atoms with E-state index in [2.05, 4.69) is 20.9 Å². The van der Waals surface area contributed by atoms with Crippen molar-refractivity contribution < 1.29 is 9.50 Å². The summed E-state index contributed by atoms with van der Waals surface area (Å²) < 4.78 is 14.6. The molecule has 3 rings (SSSR count). The third-order valence-electron chi connectivity index (χ3n) is 3.47. The lowest BCUT2D eigenvalue weighted by atomic mass is 9.98. The first-order valence-electron chi connectivity index (χ1n) is 6.61. The Balaban J connectivity index is 1.95. The van der Waals surface area contributed by atoms with Crippen molar-refractivity contribution in [3.05, 3.63) is 76.1 Å². The lowest BCUT2D eigenvalue weighted by molar-refractivity contribution is 0.178. The highest BCUT2D eigenvalue weighted by Crippen LogP contribution is 2.27. The molecule has 21 heavy (non-hydrogen) atoms. The van der Waals surface area contributed by atoms with E-state index in [9.17, 15) is 9.50 Å². The maximum Gasteiger partial charge on any atom is 0.127 e. The van der Waals surface area contributed by atoms with Crippen LogP contribution in [0.1, 0.15) is 17.2 Å². The maximum atomic E-state index is 13.9. The number of rotatable bonds is 3.